The highest BCUT2D eigenvalue weighted by molar-refractivity contribution is 7.90. The minimum atomic E-state index is -3.63. The van der Waals surface area contributed by atoms with Crippen molar-refractivity contribution in [3.8, 4) is 5.75 Å². The number of carbonyl (C=O) groups excluding carboxylic acids is 1. The van der Waals surface area contributed by atoms with E-state index in [1.165, 1.54) is 0 Å². The van der Waals surface area contributed by atoms with E-state index in [0.29, 0.717) is 28.3 Å². The van der Waals surface area contributed by atoms with E-state index in [4.69, 9.17) is 4.74 Å². The predicted octanol–water partition coefficient (Wildman–Crippen LogP) is 3.97. The molecular weight excluding hydrogens is 426 g/mol. The number of hydrogen-bond donors (Lipinski definition) is 1. The van der Waals surface area contributed by atoms with Crippen LogP contribution in [-0.4, -0.2) is 31.0 Å². The quantitative estimate of drug-likeness (QED) is 0.461. The summed E-state index contributed by atoms with van der Waals surface area (Å²) >= 11 is 0. The second-order valence-electron chi connectivity index (χ2n) is 7.45. The van der Waals surface area contributed by atoms with E-state index in [-0.39, 0.29) is 23.1 Å². The number of nitrogens with one attached hydrogen (secondary N) is 1. The number of aryl methyl sites for hydroxylation is 1. The highest BCUT2D eigenvalue weighted by Crippen LogP contribution is 2.22. The molecule has 3 aromatic carbocycles. The van der Waals surface area contributed by atoms with Crippen LogP contribution in [0.2, 0.25) is 0 Å². The number of imidazole rings is 1. The lowest BCUT2D eigenvalue weighted by Gasteiger charge is -2.11. The number of nitrogens with zero attached hydrogens (tertiary/aromatic N) is 2. The average molecular weight is 450 g/mol. The van der Waals surface area contributed by atoms with Crippen LogP contribution in [0, 0.1) is 6.92 Å². The number of carbonyl (C=O) groups is 1. The first-order chi connectivity index (χ1) is 15.4. The van der Waals surface area contributed by atoms with Crippen LogP contribution in [0.3, 0.4) is 0 Å². The van der Waals surface area contributed by atoms with Crippen molar-refractivity contribution in [1.29, 1.82) is 0 Å². The Morgan fingerprint density at radius 3 is 2.38 bits per heavy atom. The molecule has 164 valence electrons. The summed E-state index contributed by atoms with van der Waals surface area (Å²) in [6.45, 7) is 1.84. The Balaban J connectivity index is 1.62. The fraction of sp³-hybridized carbons (Fsp3) is 0.167. The number of hydrogen-bond acceptors (Lipinski definition) is 5. The van der Waals surface area contributed by atoms with Crippen LogP contribution in [0.25, 0.3) is 11.0 Å². The standard InChI is InChI=1S/C24H23N3O4S/c1-17-7-13-20(14-8-17)32(29,30)16-23-26-21-5-3-4-6-22(21)27(23)15-24(28)25-18-9-11-19(31-2)12-10-18/h3-14H,15-16H2,1-2H3,(H,25,28). The van der Waals surface area contributed by atoms with Crippen molar-refractivity contribution in [2.45, 2.75) is 24.1 Å². The van der Waals surface area contributed by atoms with Gasteiger partial charge in [0.15, 0.2) is 9.84 Å². The van der Waals surface area contributed by atoms with Crippen molar-refractivity contribution in [3.63, 3.8) is 0 Å². The maximum Gasteiger partial charge on any atom is 0.244 e. The number of sulfone groups is 1. The number of ether oxygens (including phenoxy) is 1. The summed E-state index contributed by atoms with van der Waals surface area (Å²) in [6.07, 6.45) is 0. The van der Waals surface area contributed by atoms with Crippen LogP contribution in [0.4, 0.5) is 5.69 Å². The lowest BCUT2D eigenvalue weighted by Crippen LogP contribution is -2.21. The zero-order chi connectivity index (χ0) is 22.7. The fourth-order valence-corrected chi connectivity index (χ4v) is 4.71. The molecule has 8 heteroatoms. The van der Waals surface area contributed by atoms with Crippen LogP contribution in [0.15, 0.2) is 77.7 Å². The van der Waals surface area contributed by atoms with Gasteiger partial charge >= 0.3 is 0 Å². The molecule has 0 fully saturated rings. The summed E-state index contributed by atoms with van der Waals surface area (Å²) < 4.78 is 32.8. The van der Waals surface area contributed by atoms with E-state index in [2.05, 4.69) is 10.3 Å². The minimum absolute atomic E-state index is 0.0642. The fourth-order valence-electron chi connectivity index (χ4n) is 3.43. The van der Waals surface area contributed by atoms with Crippen molar-refractivity contribution in [2.75, 3.05) is 12.4 Å². The molecule has 1 N–H and O–H groups in total. The molecule has 4 aromatic rings. The van der Waals surface area contributed by atoms with Crippen molar-refractivity contribution in [3.05, 3.63) is 84.2 Å². The van der Waals surface area contributed by atoms with Crippen molar-refractivity contribution >= 4 is 32.5 Å². The summed E-state index contributed by atoms with van der Waals surface area (Å²) in [7, 11) is -2.06. The molecule has 0 aliphatic heterocycles. The number of rotatable bonds is 7. The molecule has 1 heterocycles. The van der Waals surface area contributed by atoms with Gasteiger partial charge in [-0.3, -0.25) is 4.79 Å². The lowest BCUT2D eigenvalue weighted by atomic mass is 10.2. The van der Waals surface area contributed by atoms with Gasteiger partial charge < -0.3 is 14.6 Å². The molecule has 0 unspecified atom stereocenters. The molecule has 0 atom stereocenters. The maximum atomic E-state index is 13.0. The smallest absolute Gasteiger partial charge is 0.244 e. The third-order valence-corrected chi connectivity index (χ3v) is 6.74. The summed E-state index contributed by atoms with van der Waals surface area (Å²) in [5, 5.41) is 2.83. The first kappa shape index (κ1) is 21.6. The molecule has 0 aliphatic rings. The number of fused-ring (bicyclic) bond motifs is 1. The third-order valence-electron chi connectivity index (χ3n) is 5.11. The largest absolute Gasteiger partial charge is 0.497 e. The Morgan fingerprint density at radius 2 is 1.69 bits per heavy atom. The van der Waals surface area contributed by atoms with Gasteiger partial charge in [0.1, 0.15) is 23.9 Å². The monoisotopic (exact) mass is 449 g/mol. The van der Waals surface area contributed by atoms with Gasteiger partial charge in [0.2, 0.25) is 5.91 Å². The van der Waals surface area contributed by atoms with Crippen LogP contribution in [-0.2, 0) is 26.9 Å². The second-order valence-corrected chi connectivity index (χ2v) is 9.44. The Bertz CT molecular complexity index is 1360. The highest BCUT2D eigenvalue weighted by atomic mass is 32.2. The molecule has 32 heavy (non-hydrogen) atoms. The summed E-state index contributed by atoms with van der Waals surface area (Å²) in [6, 6.07) is 21.0. The minimum Gasteiger partial charge on any atom is -0.497 e. The number of benzene rings is 3. The molecule has 1 aromatic heterocycles. The van der Waals surface area contributed by atoms with Gasteiger partial charge in [0.25, 0.3) is 0 Å². The molecule has 0 aliphatic carbocycles. The number of anilines is 1. The van der Waals surface area contributed by atoms with E-state index < -0.39 is 9.84 Å². The topological polar surface area (TPSA) is 90.3 Å². The van der Waals surface area contributed by atoms with Gasteiger partial charge in [-0.2, -0.15) is 0 Å². The Hall–Kier alpha value is -3.65. The zero-order valence-corrected chi connectivity index (χ0v) is 18.6. The van der Waals surface area contributed by atoms with Crippen LogP contribution in [0.1, 0.15) is 11.4 Å². The second kappa shape index (κ2) is 8.84. The summed E-state index contributed by atoms with van der Waals surface area (Å²) in [4.78, 5) is 17.5. The summed E-state index contributed by atoms with van der Waals surface area (Å²) in [5.74, 6) is 0.414. The number of para-hydroxylation sites is 2. The van der Waals surface area contributed by atoms with Crippen molar-refractivity contribution < 1.29 is 17.9 Å². The van der Waals surface area contributed by atoms with Gasteiger partial charge in [-0.1, -0.05) is 29.8 Å². The maximum absolute atomic E-state index is 13.0. The molecule has 0 saturated carbocycles. The van der Waals surface area contributed by atoms with Gasteiger partial charge in [0, 0.05) is 5.69 Å². The molecule has 0 spiro atoms. The van der Waals surface area contributed by atoms with E-state index in [1.807, 2.05) is 25.1 Å². The first-order valence-corrected chi connectivity index (χ1v) is 11.7. The predicted molar refractivity (Wildman–Crippen MR) is 123 cm³/mol. The van der Waals surface area contributed by atoms with Crippen LogP contribution in [0.5, 0.6) is 5.75 Å². The molecule has 0 saturated heterocycles. The molecule has 0 radical (unpaired) electrons. The Kier molecular flexibility index (Phi) is 5.96. The van der Waals surface area contributed by atoms with E-state index >= 15 is 0 Å². The van der Waals surface area contributed by atoms with Crippen molar-refractivity contribution in [2.24, 2.45) is 0 Å². The van der Waals surface area contributed by atoms with E-state index in [9.17, 15) is 13.2 Å². The van der Waals surface area contributed by atoms with Crippen LogP contribution >= 0.6 is 0 Å². The summed E-state index contributed by atoms with van der Waals surface area (Å²) in [5.41, 5.74) is 2.94. The van der Waals surface area contributed by atoms with E-state index in [0.717, 1.165) is 5.56 Å². The molecule has 0 bridgehead atoms. The SMILES string of the molecule is COc1ccc(NC(=O)Cn2c(CS(=O)(=O)c3ccc(C)cc3)nc3ccccc32)cc1. The highest BCUT2D eigenvalue weighted by Gasteiger charge is 2.22. The van der Waals surface area contributed by atoms with Gasteiger partial charge in [-0.25, -0.2) is 13.4 Å². The lowest BCUT2D eigenvalue weighted by molar-refractivity contribution is -0.116. The van der Waals surface area contributed by atoms with Crippen molar-refractivity contribution in [1.82, 2.24) is 9.55 Å². The average Bonchev–Trinajstić information content (AvgIpc) is 3.10. The zero-order valence-electron chi connectivity index (χ0n) is 17.8. The first-order valence-electron chi connectivity index (χ1n) is 10.0. The van der Waals surface area contributed by atoms with Crippen LogP contribution < -0.4 is 10.1 Å². The molecular formula is C24H23N3O4S. The van der Waals surface area contributed by atoms with Gasteiger partial charge in [-0.05, 0) is 55.5 Å². The Morgan fingerprint density at radius 1 is 1.00 bits per heavy atom. The molecule has 1 amide bonds. The number of methoxy groups -OCH3 is 1. The normalized spacial score (nSPS) is 11.4. The number of amides is 1. The molecule has 7 nitrogen and oxygen atoms in total. The van der Waals surface area contributed by atoms with E-state index in [1.54, 1.807) is 66.3 Å². The third kappa shape index (κ3) is 4.65. The molecule has 4 rings (SSSR count). The van der Waals surface area contributed by atoms with Gasteiger partial charge in [-0.15, -0.1) is 0 Å². The Labute approximate surface area is 186 Å². The van der Waals surface area contributed by atoms with Gasteiger partial charge in [0.05, 0.1) is 23.0 Å². The number of aromatic nitrogens is 2.